The first-order valence-corrected chi connectivity index (χ1v) is 2.16. The Balaban J connectivity index is 0. The monoisotopic (exact) mass is 146 g/mol. The average Bonchev–Trinajstić information content (AvgIpc) is 1.61. The van der Waals surface area contributed by atoms with Crippen LogP contribution in [0.4, 0.5) is 17.3 Å². The lowest BCUT2D eigenvalue weighted by Gasteiger charge is -1.94. The number of halogens is 4. The van der Waals surface area contributed by atoms with E-state index in [2.05, 4.69) is 11.8 Å². The van der Waals surface area contributed by atoms with Crippen molar-refractivity contribution in [1.29, 1.82) is 0 Å². The Morgan fingerprint density at radius 3 is 1.44 bits per heavy atom. The summed E-state index contributed by atoms with van der Waals surface area (Å²) < 4.78 is 43.3. The standard InChI is InChI=1S/C3H7O.BF4/c1-3-4-2;2-1(3,4)5/h2-3H2,1H3;/q+1;-1. The van der Waals surface area contributed by atoms with Crippen molar-refractivity contribution >= 4 is 7.25 Å². The molecule has 0 aliphatic carbocycles. The summed E-state index contributed by atoms with van der Waals surface area (Å²) in [6.07, 6.45) is 0. The first-order valence-electron chi connectivity index (χ1n) is 2.16. The van der Waals surface area contributed by atoms with Crippen LogP contribution in [0.3, 0.4) is 0 Å². The zero-order chi connectivity index (χ0) is 7.91. The van der Waals surface area contributed by atoms with Crippen molar-refractivity contribution in [1.82, 2.24) is 0 Å². The van der Waals surface area contributed by atoms with Gasteiger partial charge in [-0.1, -0.05) is 0 Å². The maximum absolute atomic E-state index is 9.75. The van der Waals surface area contributed by atoms with Gasteiger partial charge in [0.05, 0.1) is 6.61 Å². The molecule has 6 heteroatoms. The highest BCUT2D eigenvalue weighted by Crippen LogP contribution is 2.06. The van der Waals surface area contributed by atoms with Crippen LogP contribution in [-0.4, -0.2) is 13.9 Å². The van der Waals surface area contributed by atoms with Gasteiger partial charge >= 0.3 is 7.25 Å². The summed E-state index contributed by atoms with van der Waals surface area (Å²) in [4.78, 5) is 0. The van der Waals surface area contributed by atoms with E-state index in [9.17, 15) is 17.3 Å². The minimum Gasteiger partial charge on any atom is -0.418 e. The third kappa shape index (κ3) is 635. The van der Waals surface area contributed by atoms with Crippen LogP contribution < -0.4 is 0 Å². The van der Waals surface area contributed by atoms with E-state index < -0.39 is 7.25 Å². The summed E-state index contributed by atoms with van der Waals surface area (Å²) in [5.41, 5.74) is 0. The Bertz CT molecular complexity index is 46.3. The minimum absolute atomic E-state index is 0.708. The van der Waals surface area contributed by atoms with Crippen LogP contribution in [0.1, 0.15) is 6.92 Å². The molecule has 0 heterocycles. The molecule has 1 nitrogen and oxygen atoms in total. The maximum Gasteiger partial charge on any atom is 0.673 e. The second kappa shape index (κ2) is 5.75. The summed E-state index contributed by atoms with van der Waals surface area (Å²) in [6.45, 7) is 2.60. The maximum atomic E-state index is 9.75. The second-order valence-electron chi connectivity index (χ2n) is 0.988. The van der Waals surface area contributed by atoms with Gasteiger partial charge in [-0.15, -0.1) is 0 Å². The van der Waals surface area contributed by atoms with Gasteiger partial charge in [-0.2, -0.15) is 4.74 Å². The molecule has 0 radical (unpaired) electrons. The molecule has 0 saturated carbocycles. The molecule has 56 valence electrons. The second-order valence-corrected chi connectivity index (χ2v) is 0.988. The molecule has 0 atom stereocenters. The molecule has 0 rings (SSSR count). The van der Waals surface area contributed by atoms with Gasteiger partial charge in [-0.3, -0.25) is 0 Å². The molecular weight excluding hydrogens is 139 g/mol. The van der Waals surface area contributed by atoms with Gasteiger partial charge in [0.2, 0.25) is 7.11 Å². The molecule has 0 aromatic carbocycles. The van der Waals surface area contributed by atoms with Gasteiger partial charge in [0, 0.05) is 0 Å². The summed E-state index contributed by atoms with van der Waals surface area (Å²) in [5, 5.41) is 0. The zero-order valence-electron chi connectivity index (χ0n) is 4.91. The highest BCUT2D eigenvalue weighted by atomic mass is 19.5. The zero-order valence-corrected chi connectivity index (χ0v) is 4.91. The largest absolute Gasteiger partial charge is 0.673 e. The fraction of sp³-hybridized carbons (Fsp3) is 0.667. The SMILES string of the molecule is F[B-](F)(F)F.[CH2+]OCC. The van der Waals surface area contributed by atoms with Gasteiger partial charge < -0.3 is 17.3 Å². The van der Waals surface area contributed by atoms with Crippen molar-refractivity contribution in [3.8, 4) is 0 Å². The summed E-state index contributed by atoms with van der Waals surface area (Å²) in [6, 6.07) is 0. The Labute approximate surface area is 51.1 Å². The van der Waals surface area contributed by atoms with Crippen molar-refractivity contribution in [2.24, 2.45) is 0 Å². The van der Waals surface area contributed by atoms with E-state index in [1.165, 1.54) is 0 Å². The lowest BCUT2D eigenvalue weighted by molar-refractivity contribution is 0.261. The van der Waals surface area contributed by atoms with E-state index in [0.29, 0.717) is 6.61 Å². The summed E-state index contributed by atoms with van der Waals surface area (Å²) in [7, 11) is -2.90. The van der Waals surface area contributed by atoms with Crippen molar-refractivity contribution < 1.29 is 22.0 Å². The number of hydrogen-bond donors (Lipinski definition) is 0. The highest BCUT2D eigenvalue weighted by molar-refractivity contribution is 6.50. The van der Waals surface area contributed by atoms with Crippen LogP contribution in [0.15, 0.2) is 0 Å². The van der Waals surface area contributed by atoms with Gasteiger partial charge in [0.1, 0.15) is 0 Å². The van der Waals surface area contributed by atoms with Crippen molar-refractivity contribution in [3.05, 3.63) is 7.11 Å². The molecular formula is C3H7BF4O. The summed E-state index contributed by atoms with van der Waals surface area (Å²) >= 11 is 0. The third-order valence-corrected chi connectivity index (χ3v) is 0.204. The van der Waals surface area contributed by atoms with Crippen molar-refractivity contribution in [2.75, 3.05) is 6.61 Å². The lowest BCUT2D eigenvalue weighted by Crippen LogP contribution is -2.02. The molecule has 0 fully saturated rings. The van der Waals surface area contributed by atoms with E-state index in [-0.39, 0.29) is 0 Å². The van der Waals surface area contributed by atoms with E-state index in [0.717, 1.165) is 0 Å². The summed E-state index contributed by atoms with van der Waals surface area (Å²) in [5.74, 6) is 0. The quantitative estimate of drug-likeness (QED) is 0.312. The topological polar surface area (TPSA) is 9.23 Å². The lowest BCUT2D eigenvalue weighted by atomic mass is 10.3. The Kier molecular flexibility index (Phi) is 7.29. The molecule has 0 saturated heterocycles. The smallest absolute Gasteiger partial charge is 0.418 e. The van der Waals surface area contributed by atoms with E-state index in [1.54, 1.807) is 0 Å². The first kappa shape index (κ1) is 11.4. The van der Waals surface area contributed by atoms with Gasteiger partial charge in [0.15, 0.2) is 0 Å². The van der Waals surface area contributed by atoms with Crippen LogP contribution in [0.5, 0.6) is 0 Å². The molecule has 0 bridgehead atoms. The van der Waals surface area contributed by atoms with E-state index >= 15 is 0 Å². The molecule has 0 aromatic rings. The first-order chi connectivity index (χ1) is 3.91. The Hall–Kier alpha value is -0.385. The molecule has 0 aliphatic heterocycles. The van der Waals surface area contributed by atoms with Crippen LogP contribution in [-0.2, 0) is 4.74 Å². The highest BCUT2D eigenvalue weighted by Gasteiger charge is 2.20. The fourth-order valence-corrected chi connectivity index (χ4v) is 0. The van der Waals surface area contributed by atoms with Crippen LogP contribution >= 0.6 is 0 Å². The predicted octanol–water partition coefficient (Wildman–Crippen LogP) is 2.11. The molecule has 0 amide bonds. The van der Waals surface area contributed by atoms with Gasteiger partial charge in [0.25, 0.3) is 0 Å². The minimum atomic E-state index is -6.00. The Morgan fingerprint density at radius 1 is 1.33 bits per heavy atom. The molecule has 0 spiro atoms. The van der Waals surface area contributed by atoms with E-state index in [4.69, 9.17) is 0 Å². The Morgan fingerprint density at radius 2 is 1.44 bits per heavy atom. The van der Waals surface area contributed by atoms with Gasteiger partial charge in [-0.25, -0.2) is 0 Å². The predicted molar refractivity (Wildman–Crippen MR) is 27.2 cm³/mol. The third-order valence-electron chi connectivity index (χ3n) is 0.204. The molecule has 0 unspecified atom stereocenters. The molecule has 0 aromatic heterocycles. The van der Waals surface area contributed by atoms with E-state index in [1.807, 2.05) is 6.92 Å². The van der Waals surface area contributed by atoms with Crippen LogP contribution in [0.2, 0.25) is 0 Å². The molecule has 0 aliphatic rings. The van der Waals surface area contributed by atoms with Gasteiger partial charge in [-0.05, 0) is 6.92 Å². The number of rotatable bonds is 1. The number of hydrogen-bond acceptors (Lipinski definition) is 1. The molecule has 9 heavy (non-hydrogen) atoms. The van der Waals surface area contributed by atoms with Crippen molar-refractivity contribution in [2.45, 2.75) is 6.92 Å². The van der Waals surface area contributed by atoms with Crippen LogP contribution in [0.25, 0.3) is 0 Å². The normalized spacial score (nSPS) is 9.89. The van der Waals surface area contributed by atoms with Crippen LogP contribution in [0, 0.1) is 7.11 Å². The molecule has 0 N–H and O–H groups in total. The average molecular weight is 146 g/mol. The number of ether oxygens (including phenoxy) is 1. The fourth-order valence-electron chi connectivity index (χ4n) is 0. The van der Waals surface area contributed by atoms with Crippen molar-refractivity contribution in [3.63, 3.8) is 0 Å².